The lowest BCUT2D eigenvalue weighted by Crippen LogP contribution is -2.31. The maximum atomic E-state index is 9.69. The number of ether oxygens (including phenoxy) is 3. The zero-order valence-corrected chi connectivity index (χ0v) is 10.1. The molecule has 0 bridgehead atoms. The minimum absolute atomic E-state index is 0.0604. The second kappa shape index (κ2) is 5.04. The number of anilines is 1. The number of nitrogens with one attached hydrogen (secondary N) is 1. The highest BCUT2D eigenvalue weighted by Crippen LogP contribution is 2.32. The van der Waals surface area contributed by atoms with Gasteiger partial charge in [-0.15, -0.1) is 0 Å². The van der Waals surface area contributed by atoms with Gasteiger partial charge < -0.3 is 24.6 Å². The molecule has 2 unspecified atom stereocenters. The third-order valence-corrected chi connectivity index (χ3v) is 3.15. The SMILES string of the molecule is OC1COCC1Nc1ccc2c(c1)OCCCO2. The summed E-state index contributed by atoms with van der Waals surface area (Å²) in [6, 6.07) is 5.67. The highest BCUT2D eigenvalue weighted by molar-refractivity contribution is 5.55. The van der Waals surface area contributed by atoms with Gasteiger partial charge in [-0.1, -0.05) is 0 Å². The Hall–Kier alpha value is -1.46. The zero-order valence-electron chi connectivity index (χ0n) is 10.1. The molecule has 1 saturated heterocycles. The molecule has 18 heavy (non-hydrogen) atoms. The molecule has 1 aromatic rings. The van der Waals surface area contributed by atoms with Gasteiger partial charge in [-0.05, 0) is 12.1 Å². The van der Waals surface area contributed by atoms with E-state index in [1.807, 2.05) is 18.2 Å². The van der Waals surface area contributed by atoms with Crippen LogP contribution in [0.5, 0.6) is 11.5 Å². The van der Waals surface area contributed by atoms with E-state index in [1.54, 1.807) is 0 Å². The Kier molecular flexibility index (Phi) is 3.25. The lowest BCUT2D eigenvalue weighted by Gasteiger charge is -2.17. The first-order valence-electron chi connectivity index (χ1n) is 6.25. The molecule has 2 aliphatic heterocycles. The van der Waals surface area contributed by atoms with E-state index in [-0.39, 0.29) is 6.04 Å². The van der Waals surface area contributed by atoms with Crippen molar-refractivity contribution in [1.29, 1.82) is 0 Å². The van der Waals surface area contributed by atoms with Crippen molar-refractivity contribution < 1.29 is 19.3 Å². The van der Waals surface area contributed by atoms with Crippen LogP contribution in [0.25, 0.3) is 0 Å². The van der Waals surface area contributed by atoms with Gasteiger partial charge in [0.2, 0.25) is 0 Å². The third kappa shape index (κ3) is 2.37. The summed E-state index contributed by atoms with van der Waals surface area (Å²) in [5, 5.41) is 12.9. The first-order chi connectivity index (χ1) is 8.83. The van der Waals surface area contributed by atoms with Crippen LogP contribution in [0.3, 0.4) is 0 Å². The predicted molar refractivity (Wildman–Crippen MR) is 66.3 cm³/mol. The minimum atomic E-state index is -0.457. The number of hydrogen-bond donors (Lipinski definition) is 2. The van der Waals surface area contributed by atoms with Crippen LogP contribution in [0.15, 0.2) is 18.2 Å². The topological polar surface area (TPSA) is 60.0 Å². The van der Waals surface area contributed by atoms with Gasteiger partial charge in [0.15, 0.2) is 11.5 Å². The van der Waals surface area contributed by atoms with Gasteiger partial charge in [-0.2, -0.15) is 0 Å². The molecule has 2 atom stereocenters. The lowest BCUT2D eigenvalue weighted by molar-refractivity contribution is 0.125. The van der Waals surface area contributed by atoms with E-state index < -0.39 is 6.10 Å². The Morgan fingerprint density at radius 3 is 2.72 bits per heavy atom. The smallest absolute Gasteiger partial charge is 0.163 e. The van der Waals surface area contributed by atoms with Gasteiger partial charge in [-0.25, -0.2) is 0 Å². The molecule has 0 aromatic heterocycles. The molecule has 3 rings (SSSR count). The number of aliphatic hydroxyl groups excluding tert-OH is 1. The van der Waals surface area contributed by atoms with Gasteiger partial charge in [-0.3, -0.25) is 0 Å². The first-order valence-corrected chi connectivity index (χ1v) is 6.25. The Labute approximate surface area is 106 Å². The fourth-order valence-corrected chi connectivity index (χ4v) is 2.15. The van der Waals surface area contributed by atoms with Crippen molar-refractivity contribution in [2.75, 3.05) is 31.7 Å². The summed E-state index contributed by atoms with van der Waals surface area (Å²) < 4.78 is 16.4. The van der Waals surface area contributed by atoms with Gasteiger partial charge in [0.25, 0.3) is 0 Å². The van der Waals surface area contributed by atoms with E-state index in [0.29, 0.717) is 26.4 Å². The quantitative estimate of drug-likeness (QED) is 0.821. The second-order valence-corrected chi connectivity index (χ2v) is 4.57. The second-order valence-electron chi connectivity index (χ2n) is 4.57. The summed E-state index contributed by atoms with van der Waals surface area (Å²) in [4.78, 5) is 0. The van der Waals surface area contributed by atoms with Crippen molar-refractivity contribution in [2.45, 2.75) is 18.6 Å². The van der Waals surface area contributed by atoms with Crippen molar-refractivity contribution >= 4 is 5.69 Å². The van der Waals surface area contributed by atoms with Crippen LogP contribution in [0.4, 0.5) is 5.69 Å². The standard InChI is InChI=1S/C13H17NO4/c15-11-8-16-7-10(11)14-9-2-3-12-13(6-9)18-5-1-4-17-12/h2-3,6,10-11,14-15H,1,4-5,7-8H2. The molecule has 0 spiro atoms. The molecule has 0 aliphatic carbocycles. The molecule has 2 heterocycles. The molecular weight excluding hydrogens is 234 g/mol. The van der Waals surface area contributed by atoms with E-state index in [4.69, 9.17) is 14.2 Å². The van der Waals surface area contributed by atoms with Gasteiger partial charge in [0.05, 0.1) is 38.6 Å². The lowest BCUT2D eigenvalue weighted by atomic mass is 10.2. The highest BCUT2D eigenvalue weighted by Gasteiger charge is 2.26. The number of rotatable bonds is 2. The minimum Gasteiger partial charge on any atom is -0.490 e. The number of hydrogen-bond acceptors (Lipinski definition) is 5. The van der Waals surface area contributed by atoms with Crippen LogP contribution in [0, 0.1) is 0 Å². The van der Waals surface area contributed by atoms with E-state index >= 15 is 0 Å². The molecule has 1 fully saturated rings. The van der Waals surface area contributed by atoms with E-state index in [0.717, 1.165) is 23.6 Å². The summed E-state index contributed by atoms with van der Waals surface area (Å²) in [6.07, 6.45) is 0.438. The Bertz CT molecular complexity index is 423. The number of aliphatic hydroxyl groups is 1. The van der Waals surface area contributed by atoms with Crippen LogP contribution < -0.4 is 14.8 Å². The molecular formula is C13H17NO4. The molecule has 0 saturated carbocycles. The van der Waals surface area contributed by atoms with Crippen LogP contribution in [0.2, 0.25) is 0 Å². The maximum Gasteiger partial charge on any atom is 0.163 e. The Morgan fingerprint density at radius 1 is 1.11 bits per heavy atom. The summed E-state index contributed by atoms with van der Waals surface area (Å²) in [6.45, 7) is 2.28. The highest BCUT2D eigenvalue weighted by atomic mass is 16.5. The zero-order chi connectivity index (χ0) is 12.4. The monoisotopic (exact) mass is 251 g/mol. The number of benzene rings is 1. The molecule has 5 nitrogen and oxygen atoms in total. The van der Waals surface area contributed by atoms with Crippen molar-refractivity contribution in [3.63, 3.8) is 0 Å². The van der Waals surface area contributed by atoms with Crippen LogP contribution in [-0.2, 0) is 4.74 Å². The fourth-order valence-electron chi connectivity index (χ4n) is 2.15. The average molecular weight is 251 g/mol. The fraction of sp³-hybridized carbons (Fsp3) is 0.538. The summed E-state index contributed by atoms with van der Waals surface area (Å²) in [7, 11) is 0. The molecule has 1 aromatic carbocycles. The Balaban J connectivity index is 1.75. The largest absolute Gasteiger partial charge is 0.490 e. The Morgan fingerprint density at radius 2 is 1.94 bits per heavy atom. The number of fused-ring (bicyclic) bond motifs is 1. The molecule has 5 heteroatoms. The van der Waals surface area contributed by atoms with Crippen LogP contribution in [0.1, 0.15) is 6.42 Å². The summed E-state index contributed by atoms with van der Waals surface area (Å²) >= 11 is 0. The molecule has 2 N–H and O–H groups in total. The van der Waals surface area contributed by atoms with E-state index in [1.165, 1.54) is 0 Å². The average Bonchev–Trinajstić information content (AvgIpc) is 2.65. The van der Waals surface area contributed by atoms with Crippen molar-refractivity contribution in [3.05, 3.63) is 18.2 Å². The molecule has 2 aliphatic rings. The van der Waals surface area contributed by atoms with Crippen molar-refractivity contribution in [3.8, 4) is 11.5 Å². The van der Waals surface area contributed by atoms with E-state index in [2.05, 4.69) is 5.32 Å². The molecule has 98 valence electrons. The van der Waals surface area contributed by atoms with Crippen LogP contribution in [-0.4, -0.2) is 43.7 Å². The normalized spacial score (nSPS) is 26.7. The van der Waals surface area contributed by atoms with Crippen molar-refractivity contribution in [2.24, 2.45) is 0 Å². The molecule has 0 amide bonds. The first kappa shape index (κ1) is 11.6. The summed E-state index contributed by atoms with van der Waals surface area (Å²) in [5.74, 6) is 1.53. The van der Waals surface area contributed by atoms with Gasteiger partial charge >= 0.3 is 0 Å². The predicted octanol–water partition coefficient (Wildman–Crippen LogP) is 1.02. The van der Waals surface area contributed by atoms with Gasteiger partial charge in [0, 0.05) is 18.2 Å². The maximum absolute atomic E-state index is 9.69. The molecule has 0 radical (unpaired) electrons. The van der Waals surface area contributed by atoms with Crippen LogP contribution >= 0.6 is 0 Å². The van der Waals surface area contributed by atoms with E-state index in [9.17, 15) is 5.11 Å². The van der Waals surface area contributed by atoms with Crippen molar-refractivity contribution in [1.82, 2.24) is 0 Å². The summed E-state index contributed by atoms with van der Waals surface area (Å²) in [5.41, 5.74) is 0.911. The third-order valence-electron chi connectivity index (χ3n) is 3.15. The van der Waals surface area contributed by atoms with Gasteiger partial charge in [0.1, 0.15) is 0 Å².